The molecule has 35 heavy (non-hydrogen) atoms. The molecule has 8 heteroatoms. The highest BCUT2D eigenvalue weighted by atomic mass is 16.5. The molecule has 4 rings (SSSR count). The Morgan fingerprint density at radius 3 is 2.60 bits per heavy atom. The normalized spacial score (nSPS) is 11.1. The summed E-state index contributed by atoms with van der Waals surface area (Å²) < 4.78 is 5.36. The van der Waals surface area contributed by atoms with Crippen molar-refractivity contribution in [3.63, 3.8) is 0 Å². The third-order valence-corrected chi connectivity index (χ3v) is 5.15. The maximum Gasteiger partial charge on any atom is 0.248 e. The van der Waals surface area contributed by atoms with Crippen LogP contribution in [0.15, 0.2) is 85.1 Å². The zero-order valence-electron chi connectivity index (χ0n) is 19.9. The van der Waals surface area contributed by atoms with Crippen molar-refractivity contribution in [3.05, 3.63) is 85.1 Å². The summed E-state index contributed by atoms with van der Waals surface area (Å²) >= 11 is 0. The van der Waals surface area contributed by atoms with Crippen LogP contribution in [0.5, 0.6) is 5.75 Å². The minimum Gasteiger partial charge on any atom is -0.497 e. The first-order valence-corrected chi connectivity index (χ1v) is 11.2. The molecule has 4 aromatic rings. The molecule has 178 valence electrons. The van der Waals surface area contributed by atoms with Gasteiger partial charge >= 0.3 is 0 Å². The number of fused-ring (bicyclic) bond motifs is 1. The molecule has 0 fully saturated rings. The first-order chi connectivity index (χ1) is 17.0. The molecule has 0 saturated carbocycles. The molecule has 0 aliphatic carbocycles. The van der Waals surface area contributed by atoms with Gasteiger partial charge in [-0.05, 0) is 55.2 Å². The van der Waals surface area contributed by atoms with Crippen molar-refractivity contribution in [1.29, 1.82) is 0 Å². The van der Waals surface area contributed by atoms with Gasteiger partial charge in [-0.1, -0.05) is 36.4 Å². The highest BCUT2D eigenvalue weighted by Crippen LogP contribution is 2.29. The van der Waals surface area contributed by atoms with Gasteiger partial charge in [0.2, 0.25) is 11.9 Å². The van der Waals surface area contributed by atoms with Gasteiger partial charge in [0.25, 0.3) is 0 Å². The number of likely N-dealkylation sites (N-methyl/N-ethyl adjacent to an activating group) is 1. The van der Waals surface area contributed by atoms with E-state index >= 15 is 0 Å². The van der Waals surface area contributed by atoms with Crippen molar-refractivity contribution in [2.24, 2.45) is 0 Å². The maximum absolute atomic E-state index is 12.4. The second-order valence-corrected chi connectivity index (χ2v) is 8.14. The van der Waals surface area contributed by atoms with Crippen molar-refractivity contribution >= 4 is 45.5 Å². The second kappa shape index (κ2) is 11.1. The van der Waals surface area contributed by atoms with Gasteiger partial charge in [0.05, 0.1) is 18.5 Å². The molecule has 0 saturated heterocycles. The smallest absolute Gasteiger partial charge is 0.248 e. The zero-order valence-corrected chi connectivity index (χ0v) is 19.9. The molecule has 3 N–H and O–H groups in total. The predicted molar refractivity (Wildman–Crippen MR) is 142 cm³/mol. The number of nitrogens with zero attached hydrogens (tertiary/aromatic N) is 3. The van der Waals surface area contributed by atoms with Crippen molar-refractivity contribution in [1.82, 2.24) is 14.9 Å². The quantitative estimate of drug-likeness (QED) is 0.292. The van der Waals surface area contributed by atoms with E-state index in [4.69, 9.17) is 4.74 Å². The van der Waals surface area contributed by atoms with Crippen LogP contribution in [0.3, 0.4) is 0 Å². The third kappa shape index (κ3) is 6.55. The van der Waals surface area contributed by atoms with Crippen molar-refractivity contribution in [2.75, 3.05) is 43.7 Å². The summed E-state index contributed by atoms with van der Waals surface area (Å²) in [5, 5.41) is 11.7. The van der Waals surface area contributed by atoms with Crippen LogP contribution in [0.25, 0.3) is 10.8 Å². The summed E-state index contributed by atoms with van der Waals surface area (Å²) in [6.45, 7) is 0.673. The van der Waals surface area contributed by atoms with Crippen LogP contribution in [0.2, 0.25) is 0 Å². The largest absolute Gasteiger partial charge is 0.497 e. The fraction of sp³-hybridized carbons (Fsp3) is 0.148. The number of benzene rings is 3. The lowest BCUT2D eigenvalue weighted by Gasteiger charge is -2.14. The van der Waals surface area contributed by atoms with Crippen LogP contribution in [0, 0.1) is 0 Å². The van der Waals surface area contributed by atoms with Crippen LogP contribution in [0.1, 0.15) is 0 Å². The average Bonchev–Trinajstić information content (AvgIpc) is 2.85. The Balaban J connectivity index is 1.52. The van der Waals surface area contributed by atoms with E-state index in [1.165, 1.54) is 11.5 Å². The maximum atomic E-state index is 12.4. The number of anilines is 5. The summed E-state index contributed by atoms with van der Waals surface area (Å²) in [6, 6.07) is 21.5. The Hall–Kier alpha value is -4.43. The van der Waals surface area contributed by atoms with E-state index < -0.39 is 0 Å². The number of rotatable bonds is 9. The Morgan fingerprint density at radius 2 is 1.80 bits per heavy atom. The van der Waals surface area contributed by atoms with E-state index in [9.17, 15) is 4.79 Å². The summed E-state index contributed by atoms with van der Waals surface area (Å²) in [5.41, 5.74) is 2.12. The van der Waals surface area contributed by atoms with E-state index in [-0.39, 0.29) is 5.91 Å². The van der Waals surface area contributed by atoms with E-state index in [1.807, 2.05) is 37.2 Å². The van der Waals surface area contributed by atoms with Gasteiger partial charge in [0.15, 0.2) is 0 Å². The predicted octanol–water partition coefficient (Wildman–Crippen LogP) is 5.18. The topological polar surface area (TPSA) is 91.4 Å². The van der Waals surface area contributed by atoms with Gasteiger partial charge in [-0.3, -0.25) is 4.79 Å². The number of hydrogen-bond donors (Lipinski definition) is 3. The number of aromatic nitrogens is 2. The molecule has 0 unspecified atom stereocenters. The molecule has 1 heterocycles. The number of methoxy groups -OCH3 is 1. The highest BCUT2D eigenvalue weighted by Gasteiger charge is 2.10. The van der Waals surface area contributed by atoms with Gasteiger partial charge in [0.1, 0.15) is 11.6 Å². The summed E-state index contributed by atoms with van der Waals surface area (Å²) in [7, 11) is 5.47. The molecule has 8 nitrogen and oxygen atoms in total. The average molecular weight is 469 g/mol. The van der Waals surface area contributed by atoms with E-state index in [0.717, 1.165) is 11.1 Å². The first-order valence-electron chi connectivity index (χ1n) is 11.2. The molecule has 0 aliphatic heterocycles. The number of nitrogens with one attached hydrogen (secondary N) is 3. The Kier molecular flexibility index (Phi) is 7.54. The number of ether oxygens (including phenoxy) is 1. The highest BCUT2D eigenvalue weighted by molar-refractivity contribution is 6.01. The lowest BCUT2D eigenvalue weighted by atomic mass is 10.1. The minimum atomic E-state index is -0.229. The summed E-state index contributed by atoms with van der Waals surface area (Å²) in [4.78, 5) is 23.3. The Bertz CT molecular complexity index is 1350. The van der Waals surface area contributed by atoms with Crippen LogP contribution < -0.4 is 20.7 Å². The molecular weight excluding hydrogens is 440 g/mol. The monoisotopic (exact) mass is 468 g/mol. The van der Waals surface area contributed by atoms with E-state index in [0.29, 0.717) is 35.4 Å². The lowest BCUT2D eigenvalue weighted by molar-refractivity contribution is -0.111. The fourth-order valence-electron chi connectivity index (χ4n) is 3.43. The van der Waals surface area contributed by atoms with Gasteiger partial charge < -0.3 is 25.6 Å². The molecule has 0 bridgehead atoms. The SMILES string of the molecule is COc1ccc(NC(=O)/C=C/CN(C)C)c(Nc2nccc(Nc3ccc4ccccc4c3)n2)c1. The number of hydrogen-bond acceptors (Lipinski definition) is 7. The molecular formula is C27H28N6O2. The van der Waals surface area contributed by atoms with Gasteiger partial charge in [0, 0.05) is 30.6 Å². The van der Waals surface area contributed by atoms with Crippen molar-refractivity contribution in [3.8, 4) is 5.75 Å². The number of amides is 1. The van der Waals surface area contributed by atoms with Crippen LogP contribution in [0.4, 0.5) is 28.8 Å². The summed E-state index contributed by atoms with van der Waals surface area (Å²) in [5.74, 6) is 1.42. The van der Waals surface area contributed by atoms with Crippen molar-refractivity contribution < 1.29 is 9.53 Å². The van der Waals surface area contributed by atoms with Gasteiger partial charge in [-0.25, -0.2) is 4.98 Å². The fourth-order valence-corrected chi connectivity index (χ4v) is 3.43. The molecule has 1 amide bonds. The van der Waals surface area contributed by atoms with Crippen LogP contribution in [-0.4, -0.2) is 48.5 Å². The first kappa shape index (κ1) is 23.7. The Morgan fingerprint density at radius 1 is 0.971 bits per heavy atom. The van der Waals surface area contributed by atoms with Crippen LogP contribution >= 0.6 is 0 Å². The molecule has 0 spiro atoms. The van der Waals surface area contributed by atoms with E-state index in [2.05, 4.69) is 50.2 Å². The van der Waals surface area contributed by atoms with Gasteiger partial charge in [-0.2, -0.15) is 4.98 Å². The standard InChI is InChI=1S/C27H28N6O2/c1-33(2)16-6-9-26(34)30-23-13-12-22(35-3)18-24(23)31-27-28-15-14-25(32-27)29-21-11-10-19-7-4-5-8-20(19)17-21/h4-15,17-18H,16H2,1-3H3,(H,30,34)(H2,28,29,31,32)/b9-6+. The molecule has 0 aliphatic rings. The minimum absolute atomic E-state index is 0.229. The van der Waals surface area contributed by atoms with E-state index in [1.54, 1.807) is 43.6 Å². The molecule has 0 atom stereocenters. The molecule has 0 radical (unpaired) electrons. The molecule has 1 aromatic heterocycles. The summed E-state index contributed by atoms with van der Waals surface area (Å²) in [6.07, 6.45) is 4.98. The van der Waals surface area contributed by atoms with Crippen molar-refractivity contribution in [2.45, 2.75) is 0 Å². The zero-order chi connectivity index (χ0) is 24.6. The second-order valence-electron chi connectivity index (χ2n) is 8.14. The third-order valence-electron chi connectivity index (χ3n) is 5.15. The lowest BCUT2D eigenvalue weighted by Crippen LogP contribution is -2.13. The molecule has 3 aromatic carbocycles. The van der Waals surface area contributed by atoms with Crippen LogP contribution in [-0.2, 0) is 4.79 Å². The number of carbonyl (C=O) groups excluding carboxylic acids is 1. The van der Waals surface area contributed by atoms with Gasteiger partial charge in [-0.15, -0.1) is 0 Å². The number of carbonyl (C=O) groups is 1. The Labute approximate surface area is 204 Å².